The number of phenols is 2. The van der Waals surface area contributed by atoms with E-state index in [4.69, 9.17) is 9.47 Å². The first kappa shape index (κ1) is 23.7. The van der Waals surface area contributed by atoms with Crippen molar-refractivity contribution < 1.29 is 19.7 Å². The summed E-state index contributed by atoms with van der Waals surface area (Å²) in [6, 6.07) is 10.6. The minimum atomic E-state index is 0.118. The molecule has 0 amide bonds. The lowest BCUT2D eigenvalue weighted by molar-refractivity contribution is 0.373. The van der Waals surface area contributed by atoms with Crippen LogP contribution in [-0.4, -0.2) is 24.4 Å². The van der Waals surface area contributed by atoms with Crippen LogP contribution in [0.5, 0.6) is 23.0 Å². The fraction of sp³-hybridized carbons (Fsp3) is 0.0968. The second-order valence-electron chi connectivity index (χ2n) is 8.10. The van der Waals surface area contributed by atoms with Crippen LogP contribution in [0, 0.1) is 0 Å². The molecule has 2 aromatic carbocycles. The molecule has 0 saturated heterocycles. The van der Waals surface area contributed by atoms with Crippen molar-refractivity contribution in [3.63, 3.8) is 0 Å². The molecule has 0 unspecified atom stereocenters. The number of aromatic hydroxyl groups is 2. The van der Waals surface area contributed by atoms with Gasteiger partial charge in [-0.25, -0.2) is 0 Å². The lowest BCUT2D eigenvalue weighted by Crippen LogP contribution is -1.91. The molecule has 176 valence electrons. The van der Waals surface area contributed by atoms with Crippen LogP contribution < -0.4 is 9.47 Å². The molecule has 4 rings (SSSR count). The third kappa shape index (κ3) is 5.92. The molecule has 35 heavy (non-hydrogen) atoms. The summed E-state index contributed by atoms with van der Waals surface area (Å²) in [7, 11) is 3.09. The molecule has 0 radical (unpaired) electrons. The zero-order chi connectivity index (χ0) is 24.6. The Kier molecular flexibility index (Phi) is 7.53. The van der Waals surface area contributed by atoms with Crippen LogP contribution in [-0.2, 0) is 0 Å². The Bertz CT molecular complexity index is 1210. The molecule has 0 spiro atoms. The van der Waals surface area contributed by atoms with E-state index in [9.17, 15) is 10.2 Å². The summed E-state index contributed by atoms with van der Waals surface area (Å²) in [6.07, 6.45) is 25.6. The molecule has 0 heterocycles. The lowest BCUT2D eigenvalue weighted by Gasteiger charge is -2.10. The van der Waals surface area contributed by atoms with E-state index < -0.39 is 0 Å². The monoisotopic (exact) mass is 464 g/mol. The van der Waals surface area contributed by atoms with Gasteiger partial charge in [0.25, 0.3) is 0 Å². The van der Waals surface area contributed by atoms with Gasteiger partial charge in [-0.15, -0.1) is 0 Å². The highest BCUT2D eigenvalue weighted by molar-refractivity contribution is 5.64. The van der Waals surface area contributed by atoms with Crippen LogP contribution in [0.3, 0.4) is 0 Å². The molecule has 2 N–H and O–H groups in total. The second kappa shape index (κ2) is 11.1. The smallest absolute Gasteiger partial charge is 0.161 e. The Morgan fingerprint density at radius 3 is 1.43 bits per heavy atom. The van der Waals surface area contributed by atoms with Gasteiger partial charge in [-0.1, -0.05) is 85.0 Å². The molecular formula is C31H28O4. The highest BCUT2D eigenvalue weighted by Gasteiger charge is 2.09. The van der Waals surface area contributed by atoms with Gasteiger partial charge in [0.15, 0.2) is 23.0 Å². The zero-order valence-corrected chi connectivity index (χ0v) is 19.8. The van der Waals surface area contributed by atoms with E-state index >= 15 is 0 Å². The highest BCUT2D eigenvalue weighted by atomic mass is 16.5. The van der Waals surface area contributed by atoms with Gasteiger partial charge in [-0.3, -0.25) is 0 Å². The van der Waals surface area contributed by atoms with E-state index in [1.807, 2.05) is 60.7 Å². The van der Waals surface area contributed by atoms with Crippen LogP contribution in [0.15, 0.2) is 119 Å². The quantitative estimate of drug-likeness (QED) is 0.438. The number of ether oxygens (including phenoxy) is 2. The molecule has 2 aromatic rings. The maximum Gasteiger partial charge on any atom is 0.161 e. The highest BCUT2D eigenvalue weighted by Crippen LogP contribution is 2.31. The Labute approximate surface area is 206 Å². The molecular weight excluding hydrogens is 436 g/mol. The molecule has 2 aliphatic rings. The minimum absolute atomic E-state index is 0.118. The van der Waals surface area contributed by atoms with Crippen molar-refractivity contribution in [1.29, 1.82) is 0 Å². The Hall–Kier alpha value is -4.44. The Morgan fingerprint density at radius 2 is 1.06 bits per heavy atom. The molecule has 2 aliphatic carbocycles. The summed E-state index contributed by atoms with van der Waals surface area (Å²) in [6.45, 7) is 0. The van der Waals surface area contributed by atoms with E-state index in [0.717, 1.165) is 33.4 Å². The van der Waals surface area contributed by atoms with Crippen LogP contribution in [0.4, 0.5) is 0 Å². The van der Waals surface area contributed by atoms with Crippen molar-refractivity contribution in [2.45, 2.75) is 6.42 Å². The summed E-state index contributed by atoms with van der Waals surface area (Å²) in [5, 5.41) is 19.8. The first-order valence-electron chi connectivity index (χ1n) is 11.3. The van der Waals surface area contributed by atoms with Crippen molar-refractivity contribution >= 4 is 12.2 Å². The zero-order valence-electron chi connectivity index (χ0n) is 19.8. The summed E-state index contributed by atoms with van der Waals surface area (Å²) < 4.78 is 10.5. The minimum Gasteiger partial charge on any atom is -0.504 e. The van der Waals surface area contributed by atoms with Gasteiger partial charge in [-0.05, 0) is 64.1 Å². The number of hydrogen-bond donors (Lipinski definition) is 2. The fourth-order valence-electron chi connectivity index (χ4n) is 3.89. The predicted molar refractivity (Wildman–Crippen MR) is 143 cm³/mol. The van der Waals surface area contributed by atoms with Gasteiger partial charge < -0.3 is 19.7 Å². The van der Waals surface area contributed by atoms with Crippen LogP contribution in [0.1, 0.15) is 17.5 Å². The number of rotatable bonds is 8. The van der Waals surface area contributed by atoms with Crippen LogP contribution in [0.2, 0.25) is 0 Å². The van der Waals surface area contributed by atoms with Crippen molar-refractivity contribution in [1.82, 2.24) is 0 Å². The van der Waals surface area contributed by atoms with E-state index in [0.29, 0.717) is 17.9 Å². The van der Waals surface area contributed by atoms with E-state index in [2.05, 4.69) is 36.5 Å². The number of hydrogen-bond acceptors (Lipinski definition) is 4. The van der Waals surface area contributed by atoms with Crippen LogP contribution >= 0.6 is 0 Å². The van der Waals surface area contributed by atoms with Crippen molar-refractivity contribution in [2.24, 2.45) is 0 Å². The molecule has 0 bridgehead atoms. The number of benzene rings is 2. The SMILES string of the molecule is COc1cc(C=CC(CC(C=Cc2ccc(O)c(OC)c2)=C2C=CC=C2)=C2C=CC=C2)ccc1O. The third-order valence-electron chi connectivity index (χ3n) is 5.81. The molecule has 0 atom stereocenters. The standard InChI is InChI=1S/C31H28O4/c1-34-30-19-22(13-17-28(30)32)11-15-26(24-7-3-4-8-24)21-27(25-9-5-6-10-25)16-12-23-14-18-29(33)31(20-23)35-2/h3-20,32-33H,21H2,1-2H3. The summed E-state index contributed by atoms with van der Waals surface area (Å²) >= 11 is 0. The largest absolute Gasteiger partial charge is 0.504 e. The van der Waals surface area contributed by atoms with E-state index in [1.165, 1.54) is 0 Å². The average molecular weight is 465 g/mol. The topological polar surface area (TPSA) is 58.9 Å². The number of phenolic OH excluding ortho intramolecular Hbond substituents is 2. The maximum atomic E-state index is 9.90. The maximum absolute atomic E-state index is 9.90. The summed E-state index contributed by atoms with van der Waals surface area (Å²) in [4.78, 5) is 0. The number of methoxy groups -OCH3 is 2. The normalized spacial score (nSPS) is 14.1. The summed E-state index contributed by atoms with van der Waals surface area (Å²) in [5.74, 6) is 1.12. The van der Waals surface area contributed by atoms with Gasteiger partial charge in [0.2, 0.25) is 0 Å². The second-order valence-corrected chi connectivity index (χ2v) is 8.10. The summed E-state index contributed by atoms with van der Waals surface area (Å²) in [5.41, 5.74) is 6.49. The molecule has 0 aliphatic heterocycles. The van der Waals surface area contributed by atoms with Crippen LogP contribution in [0.25, 0.3) is 12.2 Å². The third-order valence-corrected chi connectivity index (χ3v) is 5.81. The van der Waals surface area contributed by atoms with Crippen molar-refractivity contribution in [3.05, 3.63) is 131 Å². The first-order chi connectivity index (χ1) is 17.1. The van der Waals surface area contributed by atoms with E-state index in [1.54, 1.807) is 26.4 Å². The lowest BCUT2D eigenvalue weighted by atomic mass is 9.95. The molecule has 4 heteroatoms. The number of allylic oxidation sites excluding steroid dienone is 14. The van der Waals surface area contributed by atoms with E-state index in [-0.39, 0.29) is 11.5 Å². The average Bonchev–Trinajstić information content (AvgIpc) is 3.60. The molecule has 0 aromatic heterocycles. The van der Waals surface area contributed by atoms with Crippen molar-refractivity contribution in [2.75, 3.05) is 14.2 Å². The Balaban J connectivity index is 1.67. The van der Waals surface area contributed by atoms with Gasteiger partial charge in [0.05, 0.1) is 14.2 Å². The molecule has 0 saturated carbocycles. The predicted octanol–water partition coefficient (Wildman–Crippen LogP) is 7.08. The molecule has 0 fully saturated rings. The molecule has 4 nitrogen and oxygen atoms in total. The van der Waals surface area contributed by atoms with Crippen molar-refractivity contribution in [3.8, 4) is 23.0 Å². The van der Waals surface area contributed by atoms with Gasteiger partial charge in [0, 0.05) is 0 Å². The van der Waals surface area contributed by atoms with Gasteiger partial charge in [-0.2, -0.15) is 0 Å². The Morgan fingerprint density at radius 1 is 0.657 bits per heavy atom. The fourth-order valence-corrected chi connectivity index (χ4v) is 3.89. The van der Waals surface area contributed by atoms with Gasteiger partial charge in [0.1, 0.15) is 0 Å². The first-order valence-corrected chi connectivity index (χ1v) is 11.3. The van der Waals surface area contributed by atoms with Gasteiger partial charge >= 0.3 is 0 Å².